The van der Waals surface area contributed by atoms with E-state index in [0.717, 1.165) is 26.1 Å². The summed E-state index contributed by atoms with van der Waals surface area (Å²) in [6.45, 7) is 7.34. The van der Waals surface area contributed by atoms with E-state index in [1.54, 1.807) is 0 Å². The van der Waals surface area contributed by atoms with Crippen molar-refractivity contribution in [2.75, 3.05) is 27.7 Å². The SMILES string of the molecule is CCc1nn(CC)c(CN(C)CC2(N(C)C)CCC2)c1Br. The van der Waals surface area contributed by atoms with Crippen molar-refractivity contribution in [1.82, 2.24) is 19.6 Å². The van der Waals surface area contributed by atoms with Crippen LogP contribution in [-0.2, 0) is 19.5 Å². The van der Waals surface area contributed by atoms with Crippen LogP contribution in [0.2, 0.25) is 0 Å². The fourth-order valence-corrected chi connectivity index (χ4v) is 4.00. The number of hydrogen-bond acceptors (Lipinski definition) is 3. The van der Waals surface area contributed by atoms with Crippen LogP contribution in [0.5, 0.6) is 0 Å². The largest absolute Gasteiger partial charge is 0.302 e. The maximum atomic E-state index is 4.70. The van der Waals surface area contributed by atoms with Gasteiger partial charge in [-0.2, -0.15) is 5.10 Å². The third kappa shape index (κ3) is 3.35. The predicted octanol–water partition coefficient (Wildman–Crippen LogP) is 3.14. The monoisotopic (exact) mass is 356 g/mol. The van der Waals surface area contributed by atoms with Gasteiger partial charge in [-0.25, -0.2) is 0 Å². The minimum Gasteiger partial charge on any atom is -0.302 e. The Morgan fingerprint density at radius 2 is 1.90 bits per heavy atom. The van der Waals surface area contributed by atoms with Crippen LogP contribution in [0, 0.1) is 0 Å². The number of aromatic nitrogens is 2. The van der Waals surface area contributed by atoms with Crippen LogP contribution in [0.1, 0.15) is 44.5 Å². The highest BCUT2D eigenvalue weighted by Crippen LogP contribution is 2.37. The van der Waals surface area contributed by atoms with Gasteiger partial charge in [0.2, 0.25) is 0 Å². The van der Waals surface area contributed by atoms with Gasteiger partial charge in [-0.05, 0) is 69.7 Å². The molecule has 0 unspecified atom stereocenters. The van der Waals surface area contributed by atoms with Crippen LogP contribution < -0.4 is 0 Å². The molecule has 1 saturated carbocycles. The average molecular weight is 357 g/mol. The smallest absolute Gasteiger partial charge is 0.0767 e. The normalized spacial score (nSPS) is 17.5. The number of hydrogen-bond donors (Lipinski definition) is 0. The first-order valence-corrected chi connectivity index (χ1v) is 8.83. The third-order valence-electron chi connectivity index (χ3n) is 4.91. The molecule has 0 spiro atoms. The van der Waals surface area contributed by atoms with Crippen LogP contribution in [0.4, 0.5) is 0 Å². The summed E-state index contributed by atoms with van der Waals surface area (Å²) in [5.74, 6) is 0. The molecule has 0 aromatic carbocycles. The van der Waals surface area contributed by atoms with Crippen molar-refractivity contribution in [3.63, 3.8) is 0 Å². The highest BCUT2D eigenvalue weighted by molar-refractivity contribution is 9.10. The summed E-state index contributed by atoms with van der Waals surface area (Å²) in [6, 6.07) is 0. The van der Waals surface area contributed by atoms with Crippen molar-refractivity contribution >= 4 is 15.9 Å². The van der Waals surface area contributed by atoms with E-state index in [1.165, 1.54) is 35.1 Å². The molecule has 21 heavy (non-hydrogen) atoms. The molecule has 2 rings (SSSR count). The summed E-state index contributed by atoms with van der Waals surface area (Å²) >= 11 is 3.75. The van der Waals surface area contributed by atoms with E-state index < -0.39 is 0 Å². The molecular weight excluding hydrogens is 328 g/mol. The zero-order valence-corrected chi connectivity index (χ0v) is 15.7. The highest BCUT2D eigenvalue weighted by Gasteiger charge is 2.39. The predicted molar refractivity (Wildman–Crippen MR) is 91.6 cm³/mol. The Kier molecular flexibility index (Phi) is 5.49. The lowest BCUT2D eigenvalue weighted by atomic mass is 9.75. The second-order valence-corrected chi connectivity index (χ2v) is 7.31. The number of aryl methyl sites for hydroxylation is 2. The van der Waals surface area contributed by atoms with E-state index in [0.29, 0.717) is 5.54 Å². The van der Waals surface area contributed by atoms with Gasteiger partial charge in [0.1, 0.15) is 0 Å². The van der Waals surface area contributed by atoms with Gasteiger partial charge in [-0.3, -0.25) is 9.58 Å². The average Bonchev–Trinajstić information content (AvgIpc) is 2.70. The molecule has 0 N–H and O–H groups in total. The lowest BCUT2D eigenvalue weighted by Gasteiger charge is -2.49. The first kappa shape index (κ1) is 17.0. The maximum absolute atomic E-state index is 4.70. The molecule has 0 atom stereocenters. The van der Waals surface area contributed by atoms with Gasteiger partial charge in [-0.1, -0.05) is 6.92 Å². The number of halogens is 1. The molecule has 1 heterocycles. The highest BCUT2D eigenvalue weighted by atomic mass is 79.9. The van der Waals surface area contributed by atoms with E-state index >= 15 is 0 Å². The van der Waals surface area contributed by atoms with Gasteiger partial charge in [0, 0.05) is 25.2 Å². The Hall–Kier alpha value is -0.390. The van der Waals surface area contributed by atoms with Gasteiger partial charge in [-0.15, -0.1) is 0 Å². The fourth-order valence-electron chi connectivity index (χ4n) is 3.31. The molecule has 1 aliphatic rings. The first-order chi connectivity index (χ1) is 9.93. The Labute approximate surface area is 137 Å². The van der Waals surface area contributed by atoms with Gasteiger partial charge in [0.25, 0.3) is 0 Å². The molecular formula is C16H29BrN4. The second kappa shape index (κ2) is 6.80. The van der Waals surface area contributed by atoms with E-state index in [-0.39, 0.29) is 0 Å². The van der Waals surface area contributed by atoms with Gasteiger partial charge < -0.3 is 4.90 Å². The maximum Gasteiger partial charge on any atom is 0.0767 e. The lowest BCUT2D eigenvalue weighted by Crippen LogP contribution is -2.56. The first-order valence-electron chi connectivity index (χ1n) is 8.03. The fraction of sp³-hybridized carbons (Fsp3) is 0.812. The summed E-state index contributed by atoms with van der Waals surface area (Å²) in [6.07, 6.45) is 4.98. The molecule has 4 nitrogen and oxygen atoms in total. The van der Waals surface area contributed by atoms with Crippen LogP contribution >= 0.6 is 15.9 Å². The van der Waals surface area contributed by atoms with Gasteiger partial charge in [0.05, 0.1) is 15.9 Å². The summed E-state index contributed by atoms with van der Waals surface area (Å²) in [5, 5.41) is 4.70. The number of rotatable bonds is 7. The van der Waals surface area contributed by atoms with Crippen LogP contribution in [-0.4, -0.2) is 52.8 Å². The molecule has 1 aromatic rings. The number of nitrogens with zero attached hydrogens (tertiary/aromatic N) is 4. The topological polar surface area (TPSA) is 24.3 Å². The molecule has 1 aliphatic carbocycles. The van der Waals surface area contributed by atoms with Crippen molar-refractivity contribution in [1.29, 1.82) is 0 Å². The molecule has 0 amide bonds. The summed E-state index contributed by atoms with van der Waals surface area (Å²) in [7, 11) is 6.66. The number of likely N-dealkylation sites (N-methyl/N-ethyl adjacent to an activating group) is 2. The lowest BCUT2D eigenvalue weighted by molar-refractivity contribution is 0.0252. The molecule has 0 aliphatic heterocycles. The van der Waals surface area contributed by atoms with E-state index in [4.69, 9.17) is 5.10 Å². The third-order valence-corrected chi connectivity index (χ3v) is 5.83. The van der Waals surface area contributed by atoms with Crippen LogP contribution in [0.15, 0.2) is 4.47 Å². The van der Waals surface area contributed by atoms with Crippen LogP contribution in [0.25, 0.3) is 0 Å². The quantitative estimate of drug-likeness (QED) is 0.749. The van der Waals surface area contributed by atoms with E-state index in [2.05, 4.69) is 65.4 Å². The molecule has 0 bridgehead atoms. The standard InChI is InChI=1S/C16H29BrN4/c1-6-13-15(17)14(21(7-2)18-13)11-20(5)12-16(19(3)4)9-8-10-16/h6-12H2,1-5H3. The summed E-state index contributed by atoms with van der Waals surface area (Å²) in [5.41, 5.74) is 2.86. The van der Waals surface area contributed by atoms with Crippen molar-refractivity contribution in [3.05, 3.63) is 15.9 Å². The minimum absolute atomic E-state index is 0.381. The Bertz CT molecular complexity index is 477. The molecule has 1 fully saturated rings. The van der Waals surface area contributed by atoms with Crippen LogP contribution in [0.3, 0.4) is 0 Å². The molecule has 1 aromatic heterocycles. The zero-order chi connectivity index (χ0) is 15.6. The molecule has 0 saturated heterocycles. The van der Waals surface area contributed by atoms with E-state index in [1.807, 2.05) is 0 Å². The summed E-state index contributed by atoms with van der Waals surface area (Å²) < 4.78 is 3.34. The van der Waals surface area contributed by atoms with Crippen molar-refractivity contribution in [2.45, 2.75) is 58.2 Å². The Morgan fingerprint density at radius 3 is 2.33 bits per heavy atom. The van der Waals surface area contributed by atoms with E-state index in [9.17, 15) is 0 Å². The zero-order valence-electron chi connectivity index (χ0n) is 14.1. The minimum atomic E-state index is 0.381. The second-order valence-electron chi connectivity index (χ2n) is 6.52. The molecule has 120 valence electrons. The Balaban J connectivity index is 2.09. The summed E-state index contributed by atoms with van der Waals surface area (Å²) in [4.78, 5) is 4.86. The van der Waals surface area contributed by atoms with Gasteiger partial charge >= 0.3 is 0 Å². The molecule has 0 radical (unpaired) electrons. The van der Waals surface area contributed by atoms with Crippen molar-refractivity contribution < 1.29 is 0 Å². The van der Waals surface area contributed by atoms with Crippen molar-refractivity contribution in [2.24, 2.45) is 0 Å². The molecule has 5 heteroatoms. The van der Waals surface area contributed by atoms with Crippen molar-refractivity contribution in [3.8, 4) is 0 Å². The Morgan fingerprint density at radius 1 is 1.24 bits per heavy atom. The van der Waals surface area contributed by atoms with Gasteiger partial charge in [0.15, 0.2) is 0 Å².